The Morgan fingerprint density at radius 2 is 2.00 bits per heavy atom. The van der Waals surface area contributed by atoms with Crippen LogP contribution in [0.25, 0.3) is 0 Å². The van der Waals surface area contributed by atoms with Gasteiger partial charge in [-0.25, -0.2) is 4.39 Å². The Balaban J connectivity index is 1.80. The van der Waals surface area contributed by atoms with E-state index in [9.17, 15) is 9.18 Å². The van der Waals surface area contributed by atoms with Crippen molar-refractivity contribution in [2.75, 3.05) is 33.2 Å². The molecule has 1 aliphatic rings. The van der Waals surface area contributed by atoms with Crippen molar-refractivity contribution in [3.63, 3.8) is 0 Å². The maximum atomic E-state index is 14.3. The number of halogens is 1. The fourth-order valence-electron chi connectivity index (χ4n) is 3.70. The molecule has 3 rings (SSSR count). The Bertz CT molecular complexity index is 854. The van der Waals surface area contributed by atoms with Gasteiger partial charge in [-0.05, 0) is 54.3 Å². The maximum Gasteiger partial charge on any atom is 0.251 e. The van der Waals surface area contributed by atoms with Crippen LogP contribution in [0.5, 0.6) is 5.75 Å². The molecule has 1 aliphatic heterocycles. The minimum Gasteiger partial charge on any atom is -0.484 e. The average Bonchev–Trinajstić information content (AvgIpc) is 2.75. The van der Waals surface area contributed by atoms with Crippen molar-refractivity contribution in [3.8, 4) is 5.75 Å². The number of piperazine rings is 1. The minimum absolute atomic E-state index is 0.140. The van der Waals surface area contributed by atoms with Gasteiger partial charge in [0.15, 0.2) is 0 Å². The molecule has 6 heteroatoms. The maximum absolute atomic E-state index is 14.3. The molecule has 0 aromatic heterocycles. The number of rotatable bonds is 7. The number of nitrogens with one attached hydrogen (secondary N) is 2. The van der Waals surface area contributed by atoms with E-state index in [1.165, 1.54) is 0 Å². The smallest absolute Gasteiger partial charge is 0.251 e. The Labute approximate surface area is 178 Å². The van der Waals surface area contributed by atoms with Crippen molar-refractivity contribution in [2.24, 2.45) is 5.92 Å². The van der Waals surface area contributed by atoms with E-state index in [4.69, 9.17) is 4.74 Å². The number of hydrogen-bond donors (Lipinski definition) is 2. The SMILES string of the molecule is CNC(=O)c1ccc(O[C@H](CN2CCN[C@@H](C(C)C)C2)c2ccc(C)c(F)c2)cc1. The normalized spacial score (nSPS) is 18.3. The highest BCUT2D eigenvalue weighted by Gasteiger charge is 2.26. The highest BCUT2D eigenvalue weighted by Crippen LogP contribution is 2.26. The lowest BCUT2D eigenvalue weighted by atomic mass is 10.0. The van der Waals surface area contributed by atoms with Gasteiger partial charge >= 0.3 is 0 Å². The molecule has 0 aliphatic carbocycles. The summed E-state index contributed by atoms with van der Waals surface area (Å²) in [6.45, 7) is 9.66. The summed E-state index contributed by atoms with van der Waals surface area (Å²) in [4.78, 5) is 14.2. The molecular formula is C24H32FN3O2. The highest BCUT2D eigenvalue weighted by atomic mass is 19.1. The summed E-state index contributed by atoms with van der Waals surface area (Å²) in [5.74, 6) is 0.834. The molecule has 30 heavy (non-hydrogen) atoms. The van der Waals surface area contributed by atoms with Crippen molar-refractivity contribution in [3.05, 3.63) is 65.0 Å². The molecule has 1 heterocycles. The van der Waals surface area contributed by atoms with E-state index in [0.717, 1.165) is 25.2 Å². The van der Waals surface area contributed by atoms with E-state index in [1.54, 1.807) is 50.4 Å². The topological polar surface area (TPSA) is 53.6 Å². The molecule has 5 nitrogen and oxygen atoms in total. The van der Waals surface area contributed by atoms with Crippen LogP contribution in [0.4, 0.5) is 4.39 Å². The summed E-state index contributed by atoms with van der Waals surface area (Å²) in [5.41, 5.74) is 2.01. The zero-order chi connectivity index (χ0) is 21.7. The number of hydrogen-bond acceptors (Lipinski definition) is 4. The number of amides is 1. The van der Waals surface area contributed by atoms with Crippen LogP contribution in [0.1, 0.15) is 41.4 Å². The molecule has 2 N–H and O–H groups in total. The van der Waals surface area contributed by atoms with Gasteiger partial charge in [-0.3, -0.25) is 9.69 Å². The third-order valence-electron chi connectivity index (χ3n) is 5.71. The van der Waals surface area contributed by atoms with Gasteiger partial charge < -0.3 is 15.4 Å². The summed E-state index contributed by atoms with van der Waals surface area (Å²) < 4.78 is 20.6. The minimum atomic E-state index is -0.308. The van der Waals surface area contributed by atoms with Gasteiger partial charge in [0.1, 0.15) is 17.7 Å². The van der Waals surface area contributed by atoms with Crippen molar-refractivity contribution in [1.82, 2.24) is 15.5 Å². The molecule has 0 saturated carbocycles. The number of ether oxygens (including phenoxy) is 1. The Morgan fingerprint density at radius 3 is 2.63 bits per heavy atom. The number of benzene rings is 2. The quantitative estimate of drug-likeness (QED) is 0.729. The fourth-order valence-corrected chi connectivity index (χ4v) is 3.70. The van der Waals surface area contributed by atoms with Crippen LogP contribution >= 0.6 is 0 Å². The van der Waals surface area contributed by atoms with E-state index in [-0.39, 0.29) is 17.8 Å². The van der Waals surface area contributed by atoms with Gasteiger partial charge in [0.25, 0.3) is 5.91 Å². The van der Waals surface area contributed by atoms with Crippen molar-refractivity contribution >= 4 is 5.91 Å². The van der Waals surface area contributed by atoms with Crippen LogP contribution < -0.4 is 15.4 Å². The van der Waals surface area contributed by atoms with Gasteiger partial charge in [0.2, 0.25) is 0 Å². The molecule has 0 bridgehead atoms. The standard InChI is InChI=1S/C24H32FN3O2/c1-16(2)22-14-28(12-11-27-22)15-23(19-6-5-17(3)21(25)13-19)30-20-9-7-18(8-10-20)24(29)26-4/h5-10,13,16,22-23,27H,11-12,14-15H2,1-4H3,(H,26,29)/t22-,23-/m1/s1. The van der Waals surface area contributed by atoms with Crippen LogP contribution in [0, 0.1) is 18.7 Å². The summed E-state index contributed by atoms with van der Waals surface area (Å²) >= 11 is 0. The molecule has 1 fully saturated rings. The van der Waals surface area contributed by atoms with Crippen LogP contribution in [0.3, 0.4) is 0 Å². The molecule has 0 unspecified atom stereocenters. The third kappa shape index (κ3) is 5.58. The van der Waals surface area contributed by atoms with Gasteiger partial charge in [0, 0.05) is 44.8 Å². The predicted molar refractivity (Wildman–Crippen MR) is 117 cm³/mol. The summed E-state index contributed by atoms with van der Waals surface area (Å²) in [6.07, 6.45) is -0.308. The number of nitrogens with zero attached hydrogens (tertiary/aromatic N) is 1. The molecule has 2 atom stereocenters. The van der Waals surface area contributed by atoms with Gasteiger partial charge in [-0.15, -0.1) is 0 Å². The zero-order valence-corrected chi connectivity index (χ0v) is 18.2. The first kappa shape index (κ1) is 22.2. The van der Waals surface area contributed by atoms with Crippen LogP contribution in [-0.4, -0.2) is 50.1 Å². The molecule has 2 aromatic rings. The second-order valence-corrected chi connectivity index (χ2v) is 8.28. The lowest BCUT2D eigenvalue weighted by Gasteiger charge is -2.37. The fraction of sp³-hybridized carbons (Fsp3) is 0.458. The number of carbonyl (C=O) groups excluding carboxylic acids is 1. The first-order chi connectivity index (χ1) is 14.4. The van der Waals surface area contributed by atoms with Crippen LogP contribution in [0.15, 0.2) is 42.5 Å². The lowest BCUT2D eigenvalue weighted by molar-refractivity contribution is 0.0962. The second kappa shape index (κ2) is 10.0. The van der Waals surface area contributed by atoms with E-state index >= 15 is 0 Å². The largest absolute Gasteiger partial charge is 0.484 e. The summed E-state index contributed by atoms with van der Waals surface area (Å²) in [7, 11) is 1.60. The Morgan fingerprint density at radius 1 is 1.27 bits per heavy atom. The summed E-state index contributed by atoms with van der Waals surface area (Å²) in [6, 6.07) is 12.8. The van der Waals surface area contributed by atoms with E-state index in [2.05, 4.69) is 29.4 Å². The lowest BCUT2D eigenvalue weighted by Crippen LogP contribution is -2.53. The third-order valence-corrected chi connectivity index (χ3v) is 5.71. The molecule has 0 radical (unpaired) electrons. The van der Waals surface area contributed by atoms with Crippen LogP contribution in [-0.2, 0) is 0 Å². The van der Waals surface area contributed by atoms with E-state index in [0.29, 0.717) is 35.4 Å². The van der Waals surface area contributed by atoms with Crippen molar-refractivity contribution < 1.29 is 13.9 Å². The molecule has 1 saturated heterocycles. The Kier molecular flexibility index (Phi) is 7.45. The van der Waals surface area contributed by atoms with Gasteiger partial charge in [-0.1, -0.05) is 26.0 Å². The molecule has 2 aromatic carbocycles. The predicted octanol–water partition coefficient (Wildman–Crippen LogP) is 3.54. The van der Waals surface area contributed by atoms with Crippen molar-refractivity contribution in [1.29, 1.82) is 0 Å². The molecular weight excluding hydrogens is 381 g/mol. The first-order valence-electron chi connectivity index (χ1n) is 10.6. The first-order valence-corrected chi connectivity index (χ1v) is 10.6. The Hall–Kier alpha value is -2.44. The van der Waals surface area contributed by atoms with E-state index < -0.39 is 0 Å². The number of carbonyl (C=O) groups is 1. The molecule has 162 valence electrons. The average molecular weight is 414 g/mol. The van der Waals surface area contributed by atoms with Gasteiger partial charge in [-0.2, -0.15) is 0 Å². The number of aryl methyl sites for hydroxylation is 1. The monoisotopic (exact) mass is 413 g/mol. The highest BCUT2D eigenvalue weighted by molar-refractivity contribution is 5.94. The molecule has 1 amide bonds. The zero-order valence-electron chi connectivity index (χ0n) is 18.2. The second-order valence-electron chi connectivity index (χ2n) is 8.28. The summed E-state index contributed by atoms with van der Waals surface area (Å²) in [5, 5.41) is 6.18. The molecule has 0 spiro atoms. The van der Waals surface area contributed by atoms with Crippen molar-refractivity contribution in [2.45, 2.75) is 32.9 Å². The van der Waals surface area contributed by atoms with Gasteiger partial charge in [0.05, 0.1) is 0 Å². The van der Waals surface area contributed by atoms with Crippen LogP contribution in [0.2, 0.25) is 0 Å². The van der Waals surface area contributed by atoms with E-state index in [1.807, 2.05) is 6.07 Å².